The van der Waals surface area contributed by atoms with Gasteiger partial charge in [-0.25, -0.2) is 0 Å². The third-order valence-electron chi connectivity index (χ3n) is 2.98. The van der Waals surface area contributed by atoms with Gasteiger partial charge in [0.25, 0.3) is 0 Å². The van der Waals surface area contributed by atoms with E-state index in [0.29, 0.717) is 19.0 Å². The molecular weight excluding hydrogens is 208 g/mol. The molecule has 0 aromatic heterocycles. The van der Waals surface area contributed by atoms with Crippen molar-refractivity contribution in [2.75, 3.05) is 26.2 Å². The molecule has 0 saturated carbocycles. The van der Waals surface area contributed by atoms with Gasteiger partial charge in [0.1, 0.15) is 0 Å². The van der Waals surface area contributed by atoms with E-state index >= 15 is 0 Å². The minimum atomic E-state index is 0.0973. The molecule has 16 heavy (non-hydrogen) atoms. The number of rotatable bonds is 4. The molecule has 2 unspecified atom stereocenters. The molecule has 88 valence electrons. The van der Waals surface area contributed by atoms with E-state index in [1.165, 1.54) is 0 Å². The predicted molar refractivity (Wildman–Crippen MR) is 60.0 cm³/mol. The van der Waals surface area contributed by atoms with Gasteiger partial charge in [-0.05, 0) is 18.4 Å². The summed E-state index contributed by atoms with van der Waals surface area (Å²) >= 11 is 0. The molecule has 0 aromatic carbocycles. The Morgan fingerprint density at radius 2 is 2.56 bits per heavy atom. The molecule has 0 aromatic rings. The lowest BCUT2D eigenvalue weighted by Crippen LogP contribution is -2.46. The molecule has 2 atom stereocenters. The number of ether oxygens (including phenoxy) is 1. The van der Waals surface area contributed by atoms with Crippen LogP contribution in [0.4, 0.5) is 0 Å². The highest BCUT2D eigenvalue weighted by molar-refractivity contribution is 5.80. The van der Waals surface area contributed by atoms with Crippen LogP contribution in [0.25, 0.3) is 10.4 Å². The average molecular weight is 224 g/mol. The molecule has 2 aliphatic heterocycles. The van der Waals surface area contributed by atoms with Crippen LogP contribution in [0.5, 0.6) is 0 Å². The van der Waals surface area contributed by atoms with Crippen molar-refractivity contribution in [2.24, 2.45) is 15.8 Å². The van der Waals surface area contributed by atoms with Crippen LogP contribution < -0.4 is 5.73 Å². The molecule has 2 aliphatic rings. The van der Waals surface area contributed by atoms with Crippen molar-refractivity contribution in [3.8, 4) is 0 Å². The zero-order valence-electron chi connectivity index (χ0n) is 9.12. The van der Waals surface area contributed by atoms with E-state index in [4.69, 9.17) is 16.0 Å². The lowest BCUT2D eigenvalue weighted by Gasteiger charge is -2.27. The van der Waals surface area contributed by atoms with Gasteiger partial charge in [-0.2, -0.15) is 0 Å². The normalized spacial score (nSPS) is 29.0. The lowest BCUT2D eigenvalue weighted by atomic mass is 10.2. The fraction of sp³-hybridized carbons (Fsp3) is 0.889. The first-order valence-corrected chi connectivity index (χ1v) is 5.50. The van der Waals surface area contributed by atoms with Crippen LogP contribution in [0, 0.1) is 0 Å². The molecule has 0 radical (unpaired) electrons. The maximum Gasteiger partial charge on any atom is 0.191 e. The van der Waals surface area contributed by atoms with Gasteiger partial charge in [-0.3, -0.25) is 4.99 Å². The molecule has 2 heterocycles. The van der Waals surface area contributed by atoms with Crippen molar-refractivity contribution in [3.63, 3.8) is 0 Å². The second-order valence-corrected chi connectivity index (χ2v) is 4.05. The molecule has 2 N–H and O–H groups in total. The highest BCUT2D eigenvalue weighted by Gasteiger charge is 2.29. The molecule has 2 rings (SSSR count). The number of nitrogens with two attached hydrogens (primary N) is 1. The first-order chi connectivity index (χ1) is 7.81. The first kappa shape index (κ1) is 11.0. The van der Waals surface area contributed by atoms with Gasteiger partial charge in [0.2, 0.25) is 0 Å². The number of hydrogen-bond donors (Lipinski definition) is 1. The topological polar surface area (TPSA) is 99.6 Å². The summed E-state index contributed by atoms with van der Waals surface area (Å²) in [7, 11) is 0. The molecule has 0 aliphatic carbocycles. The summed E-state index contributed by atoms with van der Waals surface area (Å²) in [5, 5.41) is 3.58. The molecule has 1 saturated heterocycles. The summed E-state index contributed by atoms with van der Waals surface area (Å²) in [4.78, 5) is 8.93. The van der Waals surface area contributed by atoms with Crippen LogP contribution in [-0.2, 0) is 4.74 Å². The summed E-state index contributed by atoms with van der Waals surface area (Å²) in [6.45, 7) is 2.60. The van der Waals surface area contributed by atoms with Gasteiger partial charge in [0, 0.05) is 24.6 Å². The highest BCUT2D eigenvalue weighted by Crippen LogP contribution is 2.17. The van der Waals surface area contributed by atoms with Crippen molar-refractivity contribution in [2.45, 2.75) is 25.0 Å². The zero-order chi connectivity index (χ0) is 11.4. The summed E-state index contributed by atoms with van der Waals surface area (Å²) in [6, 6.07) is 0.0973. The standard InChI is InChI=1S/C9H16N6O/c10-9-12-4-7(5-13-14-11)15(9)6-8-2-1-3-16-8/h7-8H,1-6H2,(H2,10,12). The number of nitrogens with zero attached hydrogens (tertiary/aromatic N) is 5. The molecular formula is C9H16N6O. The molecule has 0 bridgehead atoms. The van der Waals surface area contributed by atoms with E-state index in [0.717, 1.165) is 26.0 Å². The third-order valence-corrected chi connectivity index (χ3v) is 2.98. The van der Waals surface area contributed by atoms with Crippen molar-refractivity contribution in [3.05, 3.63) is 10.4 Å². The van der Waals surface area contributed by atoms with Crippen LogP contribution in [-0.4, -0.2) is 49.2 Å². The summed E-state index contributed by atoms with van der Waals surface area (Å²) in [5.41, 5.74) is 14.1. The monoisotopic (exact) mass is 224 g/mol. The molecule has 1 fully saturated rings. The Balaban J connectivity index is 1.92. The molecule has 0 amide bonds. The van der Waals surface area contributed by atoms with Gasteiger partial charge in [0.05, 0.1) is 18.7 Å². The number of hydrogen-bond acceptors (Lipinski definition) is 5. The van der Waals surface area contributed by atoms with E-state index in [2.05, 4.69) is 15.0 Å². The second kappa shape index (κ2) is 5.05. The number of azide groups is 1. The number of aliphatic imine (C=N–C) groups is 1. The maximum atomic E-state index is 8.31. The van der Waals surface area contributed by atoms with Gasteiger partial charge in [-0.15, -0.1) is 0 Å². The minimum absolute atomic E-state index is 0.0973. The van der Waals surface area contributed by atoms with Crippen LogP contribution in [0.2, 0.25) is 0 Å². The second-order valence-electron chi connectivity index (χ2n) is 4.05. The quantitative estimate of drug-likeness (QED) is 0.427. The Morgan fingerprint density at radius 3 is 3.25 bits per heavy atom. The van der Waals surface area contributed by atoms with E-state index < -0.39 is 0 Å². The zero-order valence-corrected chi connectivity index (χ0v) is 9.12. The molecule has 7 nitrogen and oxygen atoms in total. The minimum Gasteiger partial charge on any atom is -0.376 e. The molecule has 0 spiro atoms. The fourth-order valence-corrected chi connectivity index (χ4v) is 2.11. The van der Waals surface area contributed by atoms with E-state index in [1.807, 2.05) is 4.90 Å². The van der Waals surface area contributed by atoms with Gasteiger partial charge in [0.15, 0.2) is 5.96 Å². The Morgan fingerprint density at radius 1 is 1.69 bits per heavy atom. The SMILES string of the molecule is [N-]=[N+]=NCC1CN=C(N)N1CC1CCCO1. The predicted octanol–water partition coefficient (Wildman–Crippen LogP) is 0.475. The third kappa shape index (κ3) is 2.37. The van der Waals surface area contributed by atoms with Crippen molar-refractivity contribution in [1.29, 1.82) is 0 Å². The summed E-state index contributed by atoms with van der Waals surface area (Å²) in [5.74, 6) is 0.536. The Kier molecular flexibility index (Phi) is 3.48. The van der Waals surface area contributed by atoms with E-state index in [-0.39, 0.29) is 12.1 Å². The fourth-order valence-electron chi connectivity index (χ4n) is 2.11. The van der Waals surface area contributed by atoms with Crippen LogP contribution in [0.15, 0.2) is 10.1 Å². The van der Waals surface area contributed by atoms with Crippen LogP contribution >= 0.6 is 0 Å². The summed E-state index contributed by atoms with van der Waals surface area (Å²) < 4.78 is 5.56. The largest absolute Gasteiger partial charge is 0.376 e. The van der Waals surface area contributed by atoms with E-state index in [1.54, 1.807) is 0 Å². The Labute approximate surface area is 93.9 Å². The van der Waals surface area contributed by atoms with Gasteiger partial charge in [-0.1, -0.05) is 5.11 Å². The molecule has 7 heteroatoms. The van der Waals surface area contributed by atoms with Crippen molar-refractivity contribution < 1.29 is 4.74 Å². The first-order valence-electron chi connectivity index (χ1n) is 5.50. The number of guanidine groups is 1. The van der Waals surface area contributed by atoms with E-state index in [9.17, 15) is 0 Å². The van der Waals surface area contributed by atoms with Crippen molar-refractivity contribution in [1.82, 2.24) is 4.90 Å². The van der Waals surface area contributed by atoms with Crippen LogP contribution in [0.3, 0.4) is 0 Å². The Hall–Kier alpha value is -1.46. The van der Waals surface area contributed by atoms with Crippen molar-refractivity contribution >= 4 is 5.96 Å². The summed E-state index contributed by atoms with van der Waals surface area (Å²) in [6.07, 6.45) is 2.41. The average Bonchev–Trinajstić information content (AvgIpc) is 2.89. The Bertz CT molecular complexity index is 318. The maximum absolute atomic E-state index is 8.31. The highest BCUT2D eigenvalue weighted by atomic mass is 16.5. The lowest BCUT2D eigenvalue weighted by molar-refractivity contribution is 0.0860. The van der Waals surface area contributed by atoms with Gasteiger partial charge < -0.3 is 15.4 Å². The smallest absolute Gasteiger partial charge is 0.191 e. The van der Waals surface area contributed by atoms with Gasteiger partial charge >= 0.3 is 0 Å². The van der Waals surface area contributed by atoms with Crippen LogP contribution in [0.1, 0.15) is 12.8 Å².